The summed E-state index contributed by atoms with van der Waals surface area (Å²) in [6.45, 7) is -0.894. The molecule has 0 heterocycles. The Morgan fingerprint density at radius 2 is 1.57 bits per heavy atom. The number of hydrogen-bond donors (Lipinski definition) is 1. The Hall–Kier alpha value is -1.87. The van der Waals surface area contributed by atoms with Crippen molar-refractivity contribution < 1.29 is 39.9 Å². The second-order valence-electron chi connectivity index (χ2n) is 3.95. The van der Waals surface area contributed by atoms with E-state index in [0.29, 0.717) is 12.1 Å². The topological polar surface area (TPSA) is 29.1 Å². The molecule has 0 aliphatic heterocycles. The minimum atomic E-state index is -6.08. The molecule has 0 atom stereocenters. The quantitative estimate of drug-likeness (QED) is 0.848. The molecule has 0 aromatic heterocycles. The lowest BCUT2D eigenvalue weighted by Gasteiger charge is -2.18. The zero-order valence-corrected chi connectivity index (χ0v) is 9.95. The minimum Gasteiger partial charge on any atom is -0.346 e. The van der Waals surface area contributed by atoms with Gasteiger partial charge in [-0.15, -0.1) is 0 Å². The van der Waals surface area contributed by atoms with Crippen LogP contribution < -0.4 is 5.32 Å². The summed E-state index contributed by atoms with van der Waals surface area (Å²) >= 11 is 0. The smallest absolute Gasteiger partial charge is 0.346 e. The van der Waals surface area contributed by atoms with Crippen LogP contribution in [0.25, 0.3) is 0 Å². The molecule has 1 amide bonds. The lowest BCUT2D eigenvalue weighted by Crippen LogP contribution is -2.50. The maximum absolute atomic E-state index is 12.6. The van der Waals surface area contributed by atoms with Gasteiger partial charge in [0, 0.05) is 6.54 Å². The van der Waals surface area contributed by atoms with Gasteiger partial charge >= 0.3 is 24.2 Å². The number of carbonyl (C=O) groups is 1. The number of alkyl halides is 8. The van der Waals surface area contributed by atoms with Gasteiger partial charge in [-0.05, 0) is 17.7 Å². The monoisotopic (exact) mass is 321 g/mol. The number of carbonyl (C=O) groups excluding carboxylic acids is 1. The third-order valence-electron chi connectivity index (χ3n) is 2.35. The summed E-state index contributed by atoms with van der Waals surface area (Å²) in [7, 11) is 0. The van der Waals surface area contributed by atoms with Gasteiger partial charge in [-0.25, -0.2) is 0 Å². The van der Waals surface area contributed by atoms with Gasteiger partial charge in [0.2, 0.25) is 0 Å². The van der Waals surface area contributed by atoms with E-state index in [1.807, 2.05) is 0 Å². The predicted molar refractivity (Wildman–Crippen MR) is 54.3 cm³/mol. The molecule has 1 rings (SSSR count). The van der Waals surface area contributed by atoms with Crippen molar-refractivity contribution in [3.05, 3.63) is 35.4 Å². The van der Waals surface area contributed by atoms with Crippen LogP contribution in [-0.4, -0.2) is 18.0 Å². The van der Waals surface area contributed by atoms with E-state index in [2.05, 4.69) is 0 Å². The summed E-state index contributed by atoms with van der Waals surface area (Å²) in [5.74, 6) is -8.25. The van der Waals surface area contributed by atoms with Crippen molar-refractivity contribution >= 4 is 5.91 Å². The average Bonchev–Trinajstić information content (AvgIpc) is 2.33. The summed E-state index contributed by atoms with van der Waals surface area (Å²) in [5, 5.41) is 1.25. The summed E-state index contributed by atoms with van der Waals surface area (Å²) < 4.78 is 97.8. The Labute approximate surface area is 112 Å². The normalized spacial score (nSPS) is 13.1. The fraction of sp³-hybridized carbons (Fsp3) is 0.364. The summed E-state index contributed by atoms with van der Waals surface area (Å²) in [6.07, 6.45) is -10.8. The largest absolute Gasteiger partial charge is 0.463 e. The zero-order valence-electron chi connectivity index (χ0n) is 9.95. The van der Waals surface area contributed by atoms with E-state index in [0.717, 1.165) is 12.1 Å². The van der Waals surface area contributed by atoms with Crippen LogP contribution in [0.15, 0.2) is 24.3 Å². The van der Waals surface area contributed by atoms with E-state index in [9.17, 15) is 39.9 Å². The molecule has 0 aliphatic rings. The predicted octanol–water partition coefficient (Wildman–Crippen LogP) is 3.52. The van der Waals surface area contributed by atoms with Crippen molar-refractivity contribution in [2.45, 2.75) is 24.8 Å². The van der Waals surface area contributed by atoms with Gasteiger partial charge in [0.05, 0.1) is 5.56 Å². The van der Waals surface area contributed by atoms with Crippen molar-refractivity contribution in [2.24, 2.45) is 0 Å². The van der Waals surface area contributed by atoms with E-state index in [-0.39, 0.29) is 5.56 Å². The molecule has 2 nitrogen and oxygen atoms in total. The van der Waals surface area contributed by atoms with Crippen LogP contribution in [-0.2, 0) is 17.5 Å². The van der Waals surface area contributed by atoms with Crippen molar-refractivity contribution in [1.29, 1.82) is 0 Å². The van der Waals surface area contributed by atoms with E-state index < -0.39 is 36.3 Å². The highest BCUT2D eigenvalue weighted by molar-refractivity contribution is 5.84. The molecule has 1 aromatic rings. The van der Waals surface area contributed by atoms with E-state index in [1.54, 1.807) is 0 Å². The Bertz CT molecular complexity index is 520. The molecular weight excluding hydrogens is 314 g/mol. The van der Waals surface area contributed by atoms with Crippen LogP contribution in [0, 0.1) is 0 Å². The van der Waals surface area contributed by atoms with Gasteiger partial charge in [-0.2, -0.15) is 35.1 Å². The molecule has 1 N–H and O–H groups in total. The van der Waals surface area contributed by atoms with Gasteiger partial charge < -0.3 is 5.32 Å². The number of hydrogen-bond acceptors (Lipinski definition) is 1. The third kappa shape index (κ3) is 4.05. The molecule has 21 heavy (non-hydrogen) atoms. The number of benzene rings is 1. The number of amides is 1. The molecule has 0 bridgehead atoms. The Morgan fingerprint density at radius 3 is 2.05 bits per heavy atom. The number of halogens is 8. The van der Waals surface area contributed by atoms with Crippen molar-refractivity contribution in [3.8, 4) is 0 Å². The van der Waals surface area contributed by atoms with Crippen LogP contribution >= 0.6 is 0 Å². The fourth-order valence-corrected chi connectivity index (χ4v) is 1.28. The van der Waals surface area contributed by atoms with Crippen LogP contribution in [0.2, 0.25) is 0 Å². The zero-order chi connectivity index (χ0) is 16.5. The molecule has 1 aromatic carbocycles. The first-order valence-electron chi connectivity index (χ1n) is 5.24. The average molecular weight is 321 g/mol. The van der Waals surface area contributed by atoms with Crippen molar-refractivity contribution in [2.75, 3.05) is 0 Å². The second-order valence-corrected chi connectivity index (χ2v) is 3.95. The lowest BCUT2D eigenvalue weighted by molar-refractivity contribution is -0.269. The minimum absolute atomic E-state index is 0.267. The van der Waals surface area contributed by atoms with Crippen LogP contribution in [0.5, 0.6) is 0 Å². The number of nitrogens with one attached hydrogen (secondary N) is 1. The summed E-state index contributed by atoms with van der Waals surface area (Å²) in [5.41, 5.74) is -1.38. The van der Waals surface area contributed by atoms with Gasteiger partial charge in [0.25, 0.3) is 0 Å². The molecule has 0 fully saturated rings. The molecule has 118 valence electrons. The van der Waals surface area contributed by atoms with E-state index in [4.69, 9.17) is 0 Å². The molecule has 0 aliphatic carbocycles. The van der Waals surface area contributed by atoms with E-state index >= 15 is 0 Å². The lowest BCUT2D eigenvalue weighted by atomic mass is 10.1. The maximum atomic E-state index is 12.6. The van der Waals surface area contributed by atoms with Gasteiger partial charge in [0.1, 0.15) is 0 Å². The molecule has 10 heteroatoms. The molecular formula is C11H7F8NO. The first-order chi connectivity index (χ1) is 9.35. The Balaban J connectivity index is 2.79. The SMILES string of the molecule is O=C(NCc1cccc(C(F)(F)F)c1)C(F)(F)C(F)(F)F. The van der Waals surface area contributed by atoms with E-state index in [1.165, 1.54) is 5.32 Å². The molecule has 0 unspecified atom stereocenters. The highest BCUT2D eigenvalue weighted by Crippen LogP contribution is 2.35. The van der Waals surface area contributed by atoms with Gasteiger partial charge in [-0.1, -0.05) is 12.1 Å². The first kappa shape index (κ1) is 17.2. The Morgan fingerprint density at radius 1 is 1.00 bits per heavy atom. The van der Waals surface area contributed by atoms with Crippen molar-refractivity contribution in [3.63, 3.8) is 0 Å². The van der Waals surface area contributed by atoms with Crippen LogP contribution in [0.4, 0.5) is 35.1 Å². The third-order valence-corrected chi connectivity index (χ3v) is 2.35. The highest BCUT2D eigenvalue weighted by atomic mass is 19.4. The molecule has 0 radical (unpaired) electrons. The summed E-state index contributed by atoms with van der Waals surface area (Å²) in [4.78, 5) is 10.8. The number of rotatable bonds is 3. The highest BCUT2D eigenvalue weighted by Gasteiger charge is 2.63. The van der Waals surface area contributed by atoms with Crippen LogP contribution in [0.3, 0.4) is 0 Å². The fourth-order valence-electron chi connectivity index (χ4n) is 1.28. The van der Waals surface area contributed by atoms with Gasteiger partial charge in [-0.3, -0.25) is 4.79 Å². The molecule has 0 saturated heterocycles. The summed E-state index contributed by atoms with van der Waals surface area (Å²) in [6, 6.07) is 3.20. The first-order valence-corrected chi connectivity index (χ1v) is 5.24. The standard InChI is InChI=1S/C11H7F8NO/c12-9(13,11(17,18)19)8(21)20-5-6-2-1-3-7(4-6)10(14,15)16/h1-4H,5H2,(H,20,21). The maximum Gasteiger partial charge on any atom is 0.463 e. The Kier molecular flexibility index (Phi) is 4.49. The second kappa shape index (κ2) is 5.49. The molecule has 0 saturated carbocycles. The van der Waals surface area contributed by atoms with Crippen molar-refractivity contribution in [1.82, 2.24) is 5.32 Å². The van der Waals surface area contributed by atoms with Crippen LogP contribution in [0.1, 0.15) is 11.1 Å². The molecule has 0 spiro atoms. The van der Waals surface area contributed by atoms with Gasteiger partial charge in [0.15, 0.2) is 0 Å².